The van der Waals surface area contributed by atoms with Crippen LogP contribution in [0.3, 0.4) is 0 Å². The number of esters is 2. The molecule has 0 spiro atoms. The lowest BCUT2D eigenvalue weighted by molar-refractivity contribution is -0.139. The van der Waals surface area contributed by atoms with Gasteiger partial charge in [-0.15, -0.1) is 0 Å². The Balaban J connectivity index is 1.97. The van der Waals surface area contributed by atoms with Crippen LogP contribution in [0.15, 0.2) is 59.1 Å². The van der Waals surface area contributed by atoms with Crippen molar-refractivity contribution in [1.82, 2.24) is 4.31 Å². The lowest BCUT2D eigenvalue weighted by atomic mass is 10.1. The summed E-state index contributed by atoms with van der Waals surface area (Å²) in [5.74, 6) is -0.952. The van der Waals surface area contributed by atoms with Crippen LogP contribution in [0.1, 0.15) is 19.4 Å². The molecule has 0 saturated heterocycles. The zero-order valence-electron chi connectivity index (χ0n) is 18.0. The SMILES string of the molecule is COC(=O)C1=C(OC(=O)COc2ccc(OC)cc2)c2ccccc2S(=O)(=O)N1C(C)C. The van der Waals surface area contributed by atoms with Crippen molar-refractivity contribution in [1.29, 1.82) is 0 Å². The van der Waals surface area contributed by atoms with Crippen molar-refractivity contribution in [2.45, 2.75) is 24.8 Å². The monoisotopic (exact) mass is 461 g/mol. The van der Waals surface area contributed by atoms with E-state index < -0.39 is 34.6 Å². The van der Waals surface area contributed by atoms with Crippen molar-refractivity contribution in [3.63, 3.8) is 0 Å². The molecular formula is C22H23NO8S. The fraction of sp³-hybridized carbons (Fsp3) is 0.273. The van der Waals surface area contributed by atoms with Gasteiger partial charge in [-0.3, -0.25) is 4.31 Å². The van der Waals surface area contributed by atoms with E-state index in [1.165, 1.54) is 19.2 Å². The van der Waals surface area contributed by atoms with Crippen LogP contribution in [0.4, 0.5) is 0 Å². The summed E-state index contributed by atoms with van der Waals surface area (Å²) in [6.07, 6.45) is 0. The smallest absolute Gasteiger partial charge is 0.359 e. The molecule has 9 nitrogen and oxygen atoms in total. The number of hydrogen-bond donors (Lipinski definition) is 0. The highest BCUT2D eigenvalue weighted by Gasteiger charge is 2.43. The van der Waals surface area contributed by atoms with Gasteiger partial charge in [-0.05, 0) is 50.2 Å². The quantitative estimate of drug-likeness (QED) is 0.579. The Morgan fingerprint density at radius 2 is 1.59 bits per heavy atom. The first-order valence-corrected chi connectivity index (χ1v) is 11.1. The summed E-state index contributed by atoms with van der Waals surface area (Å²) in [6, 6.07) is 11.9. The third-order valence-corrected chi connectivity index (χ3v) is 6.62. The lowest BCUT2D eigenvalue weighted by Crippen LogP contribution is -2.43. The van der Waals surface area contributed by atoms with Crippen LogP contribution in [0.5, 0.6) is 11.5 Å². The first-order valence-electron chi connectivity index (χ1n) is 9.64. The first-order chi connectivity index (χ1) is 15.2. The van der Waals surface area contributed by atoms with Gasteiger partial charge in [-0.2, -0.15) is 0 Å². The third kappa shape index (κ3) is 4.40. The van der Waals surface area contributed by atoms with Crippen molar-refractivity contribution < 1.29 is 37.0 Å². The van der Waals surface area contributed by atoms with Crippen LogP contribution in [-0.4, -0.2) is 51.5 Å². The highest BCUT2D eigenvalue weighted by molar-refractivity contribution is 7.89. The van der Waals surface area contributed by atoms with E-state index in [0.29, 0.717) is 11.5 Å². The molecule has 1 aliphatic rings. The second-order valence-electron chi connectivity index (χ2n) is 7.00. The lowest BCUT2D eigenvalue weighted by Gasteiger charge is -2.34. The summed E-state index contributed by atoms with van der Waals surface area (Å²) >= 11 is 0. The minimum atomic E-state index is -4.08. The van der Waals surface area contributed by atoms with Crippen molar-refractivity contribution in [3.05, 3.63) is 59.8 Å². The number of methoxy groups -OCH3 is 2. The van der Waals surface area contributed by atoms with Crippen LogP contribution >= 0.6 is 0 Å². The Morgan fingerprint density at radius 3 is 2.19 bits per heavy atom. The van der Waals surface area contributed by atoms with Crippen LogP contribution in [-0.2, 0) is 29.1 Å². The van der Waals surface area contributed by atoms with Gasteiger partial charge in [0.15, 0.2) is 18.1 Å². The average molecular weight is 461 g/mol. The van der Waals surface area contributed by atoms with Crippen LogP contribution in [0.25, 0.3) is 5.76 Å². The van der Waals surface area contributed by atoms with Gasteiger partial charge in [-0.1, -0.05) is 12.1 Å². The Labute approximate surface area is 186 Å². The number of carbonyl (C=O) groups excluding carboxylic acids is 2. The number of fused-ring (bicyclic) bond motifs is 1. The van der Waals surface area contributed by atoms with Crippen molar-refractivity contribution in [2.24, 2.45) is 0 Å². The van der Waals surface area contributed by atoms with E-state index in [1.807, 2.05) is 0 Å². The normalized spacial score (nSPS) is 14.6. The molecule has 2 aromatic rings. The zero-order chi connectivity index (χ0) is 23.5. The number of sulfonamides is 1. The number of carbonyl (C=O) groups is 2. The van der Waals surface area contributed by atoms with Crippen LogP contribution < -0.4 is 9.47 Å². The fourth-order valence-corrected chi connectivity index (χ4v) is 5.06. The number of hydrogen-bond acceptors (Lipinski definition) is 8. The minimum absolute atomic E-state index is 0.0831. The Bertz CT molecular complexity index is 1150. The van der Waals surface area contributed by atoms with Gasteiger partial charge >= 0.3 is 11.9 Å². The minimum Gasteiger partial charge on any atom is -0.497 e. The van der Waals surface area contributed by atoms with E-state index in [4.69, 9.17) is 18.9 Å². The Morgan fingerprint density at radius 1 is 0.969 bits per heavy atom. The molecule has 0 aliphatic carbocycles. The molecule has 3 rings (SSSR count). The van der Waals surface area contributed by atoms with Crippen molar-refractivity contribution in [3.8, 4) is 11.5 Å². The molecule has 0 N–H and O–H groups in total. The summed E-state index contributed by atoms with van der Waals surface area (Å²) in [5.41, 5.74) is -0.290. The first kappa shape index (κ1) is 23.1. The number of rotatable bonds is 7. The van der Waals surface area contributed by atoms with E-state index in [0.717, 1.165) is 11.4 Å². The second kappa shape index (κ2) is 9.31. The van der Waals surface area contributed by atoms with E-state index in [9.17, 15) is 18.0 Å². The zero-order valence-corrected chi connectivity index (χ0v) is 18.8. The number of ether oxygens (including phenoxy) is 4. The van der Waals surface area contributed by atoms with E-state index in [1.54, 1.807) is 50.2 Å². The van der Waals surface area contributed by atoms with E-state index in [2.05, 4.69) is 0 Å². The summed E-state index contributed by atoms with van der Waals surface area (Å²) in [5, 5.41) is 0. The molecule has 0 atom stereocenters. The molecule has 2 aromatic carbocycles. The third-order valence-electron chi connectivity index (χ3n) is 4.58. The molecular weight excluding hydrogens is 438 g/mol. The van der Waals surface area contributed by atoms with Gasteiger partial charge in [0.2, 0.25) is 0 Å². The van der Waals surface area contributed by atoms with Crippen LogP contribution in [0.2, 0.25) is 0 Å². The Kier molecular flexibility index (Phi) is 6.73. The van der Waals surface area contributed by atoms with Gasteiger partial charge in [0, 0.05) is 11.6 Å². The van der Waals surface area contributed by atoms with Crippen molar-refractivity contribution >= 4 is 27.7 Å². The maximum atomic E-state index is 13.2. The summed E-state index contributed by atoms with van der Waals surface area (Å²) in [6.45, 7) is 2.72. The van der Waals surface area contributed by atoms with E-state index in [-0.39, 0.29) is 21.9 Å². The second-order valence-corrected chi connectivity index (χ2v) is 8.78. The molecule has 0 saturated carbocycles. The molecule has 1 heterocycles. The molecule has 32 heavy (non-hydrogen) atoms. The molecule has 0 unspecified atom stereocenters. The fourth-order valence-electron chi connectivity index (χ4n) is 3.21. The summed E-state index contributed by atoms with van der Waals surface area (Å²) in [7, 11) is -1.43. The van der Waals surface area contributed by atoms with Gasteiger partial charge in [-0.25, -0.2) is 18.0 Å². The number of nitrogens with zero attached hydrogens (tertiary/aromatic N) is 1. The predicted octanol–water partition coefficient (Wildman–Crippen LogP) is 2.57. The Hall–Kier alpha value is -3.53. The highest BCUT2D eigenvalue weighted by atomic mass is 32.2. The molecule has 0 bridgehead atoms. The maximum Gasteiger partial charge on any atom is 0.359 e. The molecule has 10 heteroatoms. The largest absolute Gasteiger partial charge is 0.497 e. The van der Waals surface area contributed by atoms with Gasteiger partial charge in [0.1, 0.15) is 11.5 Å². The molecule has 0 radical (unpaired) electrons. The maximum absolute atomic E-state index is 13.2. The van der Waals surface area contributed by atoms with Gasteiger partial charge in [0.05, 0.1) is 19.1 Å². The number of benzene rings is 2. The predicted molar refractivity (Wildman–Crippen MR) is 114 cm³/mol. The van der Waals surface area contributed by atoms with E-state index >= 15 is 0 Å². The van der Waals surface area contributed by atoms with Crippen molar-refractivity contribution in [2.75, 3.05) is 20.8 Å². The molecule has 0 aromatic heterocycles. The molecule has 170 valence electrons. The molecule has 0 amide bonds. The van der Waals surface area contributed by atoms with Gasteiger partial charge in [0.25, 0.3) is 10.0 Å². The summed E-state index contributed by atoms with van der Waals surface area (Å²) in [4.78, 5) is 25.1. The van der Waals surface area contributed by atoms with Crippen LogP contribution in [0, 0.1) is 0 Å². The topological polar surface area (TPSA) is 108 Å². The molecule has 1 aliphatic heterocycles. The molecule has 0 fully saturated rings. The standard InChI is InChI=1S/C22H23NO8S/c1-14(2)23-20(22(25)29-4)21(17-7-5-6-8-18(17)32(23,26)27)31-19(24)13-30-16-11-9-15(28-3)10-12-16/h5-12,14H,13H2,1-4H3. The highest BCUT2D eigenvalue weighted by Crippen LogP contribution is 2.39. The average Bonchev–Trinajstić information content (AvgIpc) is 2.78. The summed E-state index contributed by atoms with van der Waals surface area (Å²) < 4.78 is 48.0. The van der Waals surface area contributed by atoms with Gasteiger partial charge < -0.3 is 18.9 Å².